The molecule has 0 aromatic heterocycles. The fourth-order valence-corrected chi connectivity index (χ4v) is 5.61. The van der Waals surface area contributed by atoms with Crippen LogP contribution >= 0.6 is 12.4 Å². The van der Waals surface area contributed by atoms with Gasteiger partial charge in [-0.05, 0) is 73.6 Å². The third kappa shape index (κ3) is 9.17. The molecule has 1 saturated heterocycles. The fraction of sp³-hybridized carbons (Fsp3) is 0.519. The van der Waals surface area contributed by atoms with Crippen LogP contribution in [0.2, 0.25) is 0 Å². The van der Waals surface area contributed by atoms with Crippen LogP contribution in [0.15, 0.2) is 48.5 Å². The SMILES string of the molecule is CS(=O)(=O)Nc1ccc(Oc2ccc(CN3CCC(NC(=O)[C@H](O)C4CCCCC4)CC3)cc2)cc1.Cl. The number of nitrogens with zero attached hydrogens (tertiary/aromatic N) is 1. The summed E-state index contributed by atoms with van der Waals surface area (Å²) in [7, 11) is -3.31. The second-order valence-electron chi connectivity index (χ2n) is 10.0. The maximum Gasteiger partial charge on any atom is 0.249 e. The molecule has 0 bridgehead atoms. The summed E-state index contributed by atoms with van der Waals surface area (Å²) >= 11 is 0. The predicted octanol–water partition coefficient (Wildman–Crippen LogP) is 4.29. The number of nitrogens with one attached hydrogen (secondary N) is 2. The Morgan fingerprint density at radius 2 is 1.54 bits per heavy atom. The average Bonchev–Trinajstić information content (AvgIpc) is 2.87. The number of piperidine rings is 1. The van der Waals surface area contributed by atoms with Gasteiger partial charge < -0.3 is 15.2 Å². The van der Waals surface area contributed by atoms with Gasteiger partial charge in [0.25, 0.3) is 0 Å². The molecule has 1 heterocycles. The number of hydrogen-bond acceptors (Lipinski definition) is 6. The third-order valence-electron chi connectivity index (χ3n) is 7.02. The second-order valence-corrected chi connectivity index (χ2v) is 11.8. The van der Waals surface area contributed by atoms with Gasteiger partial charge in [-0.2, -0.15) is 0 Å². The van der Waals surface area contributed by atoms with E-state index in [9.17, 15) is 18.3 Å². The van der Waals surface area contributed by atoms with Gasteiger partial charge in [0.1, 0.15) is 17.6 Å². The van der Waals surface area contributed by atoms with Crippen molar-refractivity contribution < 1.29 is 23.1 Å². The number of likely N-dealkylation sites (tertiary alicyclic amines) is 1. The zero-order valence-corrected chi connectivity index (χ0v) is 22.9. The van der Waals surface area contributed by atoms with Gasteiger partial charge in [0, 0.05) is 31.4 Å². The number of rotatable bonds is 9. The van der Waals surface area contributed by atoms with Crippen molar-refractivity contribution in [2.24, 2.45) is 5.92 Å². The quantitative estimate of drug-likeness (QED) is 0.429. The molecule has 204 valence electrons. The van der Waals surface area contributed by atoms with E-state index in [1.165, 1.54) is 12.0 Å². The Labute approximate surface area is 226 Å². The van der Waals surface area contributed by atoms with E-state index in [1.807, 2.05) is 24.3 Å². The van der Waals surface area contributed by atoms with E-state index in [1.54, 1.807) is 24.3 Å². The molecule has 1 aliphatic heterocycles. The van der Waals surface area contributed by atoms with Crippen molar-refractivity contribution in [3.63, 3.8) is 0 Å². The lowest BCUT2D eigenvalue weighted by molar-refractivity contribution is -0.133. The minimum absolute atomic E-state index is 0. The zero-order valence-electron chi connectivity index (χ0n) is 21.3. The third-order valence-corrected chi connectivity index (χ3v) is 7.63. The molecule has 10 heteroatoms. The van der Waals surface area contributed by atoms with Crippen molar-refractivity contribution in [3.05, 3.63) is 54.1 Å². The molecule has 0 radical (unpaired) electrons. The molecule has 2 aromatic carbocycles. The number of aliphatic hydroxyl groups excluding tert-OH is 1. The first-order valence-electron chi connectivity index (χ1n) is 12.8. The largest absolute Gasteiger partial charge is 0.457 e. The van der Waals surface area contributed by atoms with Gasteiger partial charge in [-0.15, -0.1) is 12.4 Å². The standard InChI is InChI=1S/C27H37N3O5S.ClH/c1-36(33,34)29-23-9-13-25(14-10-23)35-24-11-7-20(8-12-24)19-30-17-15-22(16-18-30)28-27(32)26(31)21-5-3-2-4-6-21;/h7-14,21-22,26,29,31H,2-6,15-19H2,1H3,(H,28,32);1H/t26-;/m1./s1. The topological polar surface area (TPSA) is 108 Å². The second kappa shape index (κ2) is 13.5. The normalized spacial score (nSPS) is 18.4. The lowest BCUT2D eigenvalue weighted by atomic mass is 9.85. The van der Waals surface area contributed by atoms with Crippen LogP contribution in [-0.2, 0) is 21.4 Å². The van der Waals surface area contributed by atoms with E-state index in [-0.39, 0.29) is 30.3 Å². The van der Waals surface area contributed by atoms with Gasteiger partial charge in [-0.1, -0.05) is 31.4 Å². The lowest BCUT2D eigenvalue weighted by Crippen LogP contribution is -2.49. The van der Waals surface area contributed by atoms with Crippen molar-refractivity contribution in [1.82, 2.24) is 10.2 Å². The first kappa shape index (κ1) is 29.2. The highest BCUT2D eigenvalue weighted by atomic mass is 35.5. The van der Waals surface area contributed by atoms with Crippen molar-refractivity contribution in [1.29, 1.82) is 0 Å². The van der Waals surface area contributed by atoms with E-state index in [4.69, 9.17) is 4.74 Å². The number of ether oxygens (including phenoxy) is 1. The molecule has 1 saturated carbocycles. The van der Waals surface area contributed by atoms with Gasteiger partial charge in [-0.3, -0.25) is 14.4 Å². The summed E-state index contributed by atoms with van der Waals surface area (Å²) in [4.78, 5) is 14.9. The van der Waals surface area contributed by atoms with Crippen LogP contribution in [-0.4, -0.2) is 55.8 Å². The van der Waals surface area contributed by atoms with E-state index in [0.717, 1.165) is 64.4 Å². The van der Waals surface area contributed by atoms with Crippen molar-refractivity contribution in [2.75, 3.05) is 24.1 Å². The maximum absolute atomic E-state index is 12.5. The van der Waals surface area contributed by atoms with Gasteiger partial charge in [-0.25, -0.2) is 8.42 Å². The molecule has 2 aliphatic rings. The van der Waals surface area contributed by atoms with Crippen LogP contribution in [0.1, 0.15) is 50.5 Å². The highest BCUT2D eigenvalue weighted by Gasteiger charge is 2.29. The molecular weight excluding hydrogens is 514 g/mol. The van der Waals surface area contributed by atoms with E-state index in [2.05, 4.69) is 14.9 Å². The Morgan fingerprint density at radius 3 is 2.11 bits per heavy atom. The zero-order chi connectivity index (χ0) is 25.5. The Morgan fingerprint density at radius 1 is 0.973 bits per heavy atom. The molecule has 37 heavy (non-hydrogen) atoms. The molecule has 8 nitrogen and oxygen atoms in total. The molecule has 1 aliphatic carbocycles. The smallest absolute Gasteiger partial charge is 0.249 e. The Balaban J connectivity index is 0.00000380. The number of hydrogen-bond donors (Lipinski definition) is 3. The fourth-order valence-electron chi connectivity index (χ4n) is 5.05. The van der Waals surface area contributed by atoms with E-state index >= 15 is 0 Å². The first-order chi connectivity index (χ1) is 17.2. The summed E-state index contributed by atoms with van der Waals surface area (Å²) < 4.78 is 30.9. The summed E-state index contributed by atoms with van der Waals surface area (Å²) in [5, 5.41) is 13.5. The highest BCUT2D eigenvalue weighted by molar-refractivity contribution is 7.92. The number of carbonyl (C=O) groups is 1. The number of benzene rings is 2. The molecule has 3 N–H and O–H groups in total. The van der Waals surface area contributed by atoms with E-state index < -0.39 is 16.1 Å². The van der Waals surface area contributed by atoms with Crippen LogP contribution in [0, 0.1) is 5.92 Å². The molecule has 4 rings (SSSR count). The molecule has 0 unspecified atom stereocenters. The Kier molecular flexibility index (Phi) is 10.6. The number of amides is 1. The number of anilines is 1. The predicted molar refractivity (Wildman–Crippen MR) is 148 cm³/mol. The molecule has 1 amide bonds. The molecule has 2 aromatic rings. The van der Waals surface area contributed by atoms with Crippen LogP contribution in [0.25, 0.3) is 0 Å². The van der Waals surface area contributed by atoms with Crippen molar-refractivity contribution >= 4 is 34.0 Å². The average molecular weight is 552 g/mol. The first-order valence-corrected chi connectivity index (χ1v) is 14.7. The summed E-state index contributed by atoms with van der Waals surface area (Å²) in [6, 6.07) is 14.8. The van der Waals surface area contributed by atoms with Crippen molar-refractivity contribution in [2.45, 2.75) is 63.6 Å². The van der Waals surface area contributed by atoms with E-state index in [0.29, 0.717) is 17.2 Å². The number of carbonyl (C=O) groups excluding carboxylic acids is 1. The lowest BCUT2D eigenvalue weighted by Gasteiger charge is -2.33. The van der Waals surface area contributed by atoms with Gasteiger partial charge in [0.2, 0.25) is 15.9 Å². The Hall–Kier alpha value is -2.33. The van der Waals surface area contributed by atoms with Gasteiger partial charge in [0.15, 0.2) is 0 Å². The summed E-state index contributed by atoms with van der Waals surface area (Å²) in [5.74, 6) is 1.25. The Bertz CT molecular complexity index is 1100. The summed E-state index contributed by atoms with van der Waals surface area (Å²) in [5.41, 5.74) is 1.68. The van der Waals surface area contributed by atoms with Gasteiger partial charge in [0.05, 0.1) is 6.26 Å². The molecular formula is C27H38ClN3O5S. The van der Waals surface area contributed by atoms with Gasteiger partial charge >= 0.3 is 0 Å². The number of halogens is 1. The maximum atomic E-state index is 12.5. The molecule has 2 fully saturated rings. The van der Waals surface area contributed by atoms with Crippen LogP contribution < -0.4 is 14.8 Å². The summed E-state index contributed by atoms with van der Waals surface area (Å²) in [6.07, 6.45) is 7.34. The van der Waals surface area contributed by atoms with Crippen LogP contribution in [0.4, 0.5) is 5.69 Å². The minimum atomic E-state index is -3.31. The monoisotopic (exact) mass is 551 g/mol. The number of sulfonamides is 1. The highest BCUT2D eigenvalue weighted by Crippen LogP contribution is 2.27. The molecule has 0 spiro atoms. The van der Waals surface area contributed by atoms with Crippen LogP contribution in [0.3, 0.4) is 0 Å². The number of aliphatic hydroxyl groups is 1. The minimum Gasteiger partial charge on any atom is -0.457 e. The van der Waals surface area contributed by atoms with Crippen LogP contribution in [0.5, 0.6) is 11.5 Å². The summed E-state index contributed by atoms with van der Waals surface area (Å²) in [6.45, 7) is 2.63. The van der Waals surface area contributed by atoms with Crippen molar-refractivity contribution in [3.8, 4) is 11.5 Å². The molecule has 1 atom stereocenters.